The molecule has 17 rings (SSSR count). The molecule has 1 aliphatic rings. The number of aryl methyl sites for hydroxylation is 1. The van der Waals surface area contributed by atoms with E-state index in [-0.39, 0.29) is 16.2 Å². The Hall–Kier alpha value is -12.2. The molecule has 0 atom stereocenters. The van der Waals surface area contributed by atoms with Crippen LogP contribution in [-0.2, 0) is 28.1 Å². The van der Waals surface area contributed by atoms with Crippen molar-refractivity contribution in [2.75, 3.05) is 9.80 Å². The van der Waals surface area contributed by atoms with Crippen molar-refractivity contribution in [3.63, 3.8) is 0 Å². The number of benzene rings is 14. The van der Waals surface area contributed by atoms with E-state index in [2.05, 4.69) is 411 Å². The Kier molecular flexibility index (Phi) is 16.8. The van der Waals surface area contributed by atoms with Gasteiger partial charge in [-0.2, -0.15) is 0 Å². The van der Waals surface area contributed by atoms with E-state index in [1.54, 1.807) is 0 Å². The number of fused-ring (bicyclic) bond motifs is 11. The van der Waals surface area contributed by atoms with Crippen molar-refractivity contribution in [1.82, 2.24) is 9.13 Å². The molecule has 2 heterocycles. The van der Waals surface area contributed by atoms with Gasteiger partial charge in [-0.3, -0.25) is 0 Å². The first-order chi connectivity index (χ1) is 51.8. The van der Waals surface area contributed by atoms with Crippen LogP contribution in [0.1, 0.15) is 119 Å². The molecule has 0 N–H and O–H groups in total. The average molecular weight is 1380 g/mol. The summed E-state index contributed by atoms with van der Waals surface area (Å²) < 4.78 is 4.97. The fourth-order valence-corrected chi connectivity index (χ4v) is 17.0. The lowest BCUT2D eigenvalue weighted by atomic mass is 9.67. The molecule has 2 aromatic heterocycles. The van der Waals surface area contributed by atoms with Crippen LogP contribution in [0, 0.1) is 0 Å². The number of aromatic nitrogens is 2. The first-order valence-electron chi connectivity index (χ1n) is 37.8. The third kappa shape index (κ3) is 11.6. The summed E-state index contributed by atoms with van der Waals surface area (Å²) in [5.74, 6) is 0. The van der Waals surface area contributed by atoms with Crippen LogP contribution >= 0.6 is 0 Å². The van der Waals surface area contributed by atoms with Gasteiger partial charge in [-0.1, -0.05) is 283 Å². The van der Waals surface area contributed by atoms with E-state index in [1.165, 1.54) is 110 Å². The molecule has 16 aromatic rings. The second-order valence-electron chi connectivity index (χ2n) is 32.1. The number of anilines is 6. The summed E-state index contributed by atoms with van der Waals surface area (Å²) in [6, 6.07) is 117. The van der Waals surface area contributed by atoms with Gasteiger partial charge in [0.2, 0.25) is 0 Å². The van der Waals surface area contributed by atoms with E-state index >= 15 is 0 Å². The largest absolute Gasteiger partial charge is 0.310 e. The SMILES string of the molecule is C=C/C=C(\C=C)c1ccc(N(c2cccc(-n3c4ccc(C(C)(C)C)cc4c4cc(C(C)(C)C)ccc43)c2)c2cc3c(c4ccccc24)-c2ccc(N(c4ccc(-c5ccccc5)cc4)c4cccc(-n5c6ccc(CC)cc6c6cc(C(C)(C)C)ccc65)c4)cc2C3(c2ccccc2)c2ccccc2)cc1. The quantitative estimate of drug-likeness (QED) is 0.0951. The van der Waals surface area contributed by atoms with E-state index < -0.39 is 5.41 Å². The van der Waals surface area contributed by atoms with Gasteiger partial charge in [0.05, 0.1) is 33.2 Å². The highest BCUT2D eigenvalue weighted by Gasteiger charge is 2.48. The normalized spacial score (nSPS) is 13.0. The molecule has 522 valence electrons. The molecule has 0 aliphatic heterocycles. The van der Waals surface area contributed by atoms with Gasteiger partial charge in [0.25, 0.3) is 0 Å². The number of hydrogen-bond acceptors (Lipinski definition) is 2. The maximum Gasteiger partial charge on any atom is 0.0715 e. The molecule has 4 nitrogen and oxygen atoms in total. The standard InChI is InChI=1S/C103H90N4/c1-13-29-69(15-3)71-43-52-79(53-44-71)105(81-37-28-39-83(65-81)107-96-58-48-76(101(7,8)9)62-90(96)91-63-77(102(10,11)12)49-59-97(91)107)98-67-93-99(86-41-26-25-40-85(86)98)87-55-54-84(66-92(87)103(93,73-32-21-17-22-33-73)74-34-23-18-24-35-74)104(78-50-45-72(46-51-78)70-30-19-16-20-31-70)80-36-27-38-82(64-80)106-94-56-42-68(14-2)60-88(94)89-61-75(100(4,5)6)47-57-95(89)106/h13,15-67H,1,3,14H2,2,4-12H3/b69-29+. The summed E-state index contributed by atoms with van der Waals surface area (Å²) in [6.45, 7) is 31.4. The van der Waals surface area contributed by atoms with Gasteiger partial charge in [0.1, 0.15) is 0 Å². The molecule has 0 spiro atoms. The minimum absolute atomic E-state index is 0.0162. The molecule has 1 aliphatic carbocycles. The Labute approximate surface area is 630 Å². The second kappa shape index (κ2) is 26.4. The smallest absolute Gasteiger partial charge is 0.0715 e. The van der Waals surface area contributed by atoms with Crippen molar-refractivity contribution < 1.29 is 0 Å². The molecular weight excluding hydrogens is 1290 g/mol. The molecule has 0 radical (unpaired) electrons. The minimum Gasteiger partial charge on any atom is -0.310 e. The van der Waals surface area contributed by atoms with Crippen molar-refractivity contribution in [2.24, 2.45) is 0 Å². The monoisotopic (exact) mass is 1380 g/mol. The lowest BCUT2D eigenvalue weighted by Gasteiger charge is -2.36. The van der Waals surface area contributed by atoms with Crippen LogP contribution in [-0.4, -0.2) is 9.13 Å². The highest BCUT2D eigenvalue weighted by atomic mass is 15.2. The predicted octanol–water partition coefficient (Wildman–Crippen LogP) is 28.2. The maximum absolute atomic E-state index is 4.24. The van der Waals surface area contributed by atoms with Crippen LogP contribution < -0.4 is 9.80 Å². The van der Waals surface area contributed by atoms with Gasteiger partial charge in [0, 0.05) is 66.7 Å². The molecule has 0 saturated carbocycles. The zero-order chi connectivity index (χ0) is 73.7. The molecule has 107 heavy (non-hydrogen) atoms. The van der Waals surface area contributed by atoms with E-state index in [0.717, 1.165) is 74.0 Å². The van der Waals surface area contributed by atoms with Gasteiger partial charge < -0.3 is 18.9 Å². The average Bonchev–Trinajstić information content (AvgIpc) is 1.46. The Morgan fingerprint density at radius 3 is 1.31 bits per heavy atom. The van der Waals surface area contributed by atoms with Crippen LogP contribution in [0.15, 0.2) is 341 Å². The summed E-state index contributed by atoms with van der Waals surface area (Å²) in [6.07, 6.45) is 6.74. The second-order valence-corrected chi connectivity index (χ2v) is 32.1. The summed E-state index contributed by atoms with van der Waals surface area (Å²) in [5.41, 5.74) is 29.1. The van der Waals surface area contributed by atoms with Crippen LogP contribution in [0.2, 0.25) is 0 Å². The lowest BCUT2D eigenvalue weighted by molar-refractivity contribution is 0.590. The van der Waals surface area contributed by atoms with E-state index in [0.29, 0.717) is 0 Å². The third-order valence-corrected chi connectivity index (χ3v) is 22.5. The first-order valence-corrected chi connectivity index (χ1v) is 37.8. The van der Waals surface area contributed by atoms with Gasteiger partial charge in [-0.15, -0.1) is 0 Å². The molecule has 0 fully saturated rings. The van der Waals surface area contributed by atoms with E-state index in [4.69, 9.17) is 0 Å². The van der Waals surface area contributed by atoms with Crippen LogP contribution in [0.3, 0.4) is 0 Å². The van der Waals surface area contributed by atoms with Crippen molar-refractivity contribution >= 4 is 94.1 Å². The highest BCUT2D eigenvalue weighted by molar-refractivity contribution is 6.14. The van der Waals surface area contributed by atoms with Crippen molar-refractivity contribution in [3.8, 4) is 33.6 Å². The summed E-state index contributed by atoms with van der Waals surface area (Å²) in [4.78, 5) is 4.99. The topological polar surface area (TPSA) is 16.3 Å². The molecular formula is C103H90N4. The number of nitrogens with zero attached hydrogens (tertiary/aromatic N) is 4. The van der Waals surface area contributed by atoms with Crippen LogP contribution in [0.4, 0.5) is 34.1 Å². The molecule has 0 unspecified atom stereocenters. The van der Waals surface area contributed by atoms with Gasteiger partial charge in [-0.05, 0) is 233 Å². The van der Waals surface area contributed by atoms with Gasteiger partial charge in [-0.25, -0.2) is 0 Å². The van der Waals surface area contributed by atoms with Gasteiger partial charge >= 0.3 is 0 Å². The number of allylic oxidation sites excluding steroid dienone is 4. The van der Waals surface area contributed by atoms with Crippen LogP contribution in [0.25, 0.3) is 93.6 Å². The molecule has 0 bridgehead atoms. The zero-order valence-corrected chi connectivity index (χ0v) is 63.1. The summed E-state index contributed by atoms with van der Waals surface area (Å²) in [5, 5.41) is 7.35. The fourth-order valence-electron chi connectivity index (χ4n) is 17.0. The Morgan fingerprint density at radius 1 is 0.364 bits per heavy atom. The van der Waals surface area contributed by atoms with E-state index in [1.807, 2.05) is 18.2 Å². The van der Waals surface area contributed by atoms with E-state index in [9.17, 15) is 0 Å². The number of rotatable bonds is 15. The summed E-state index contributed by atoms with van der Waals surface area (Å²) in [7, 11) is 0. The summed E-state index contributed by atoms with van der Waals surface area (Å²) >= 11 is 0. The molecule has 0 saturated heterocycles. The molecule has 0 amide bonds. The Balaban J connectivity index is 0.910. The minimum atomic E-state index is -0.842. The Bertz CT molecular complexity index is 6070. The van der Waals surface area contributed by atoms with Crippen molar-refractivity contribution in [1.29, 1.82) is 0 Å². The van der Waals surface area contributed by atoms with Crippen molar-refractivity contribution in [2.45, 2.75) is 97.3 Å². The number of hydrogen-bond donors (Lipinski definition) is 0. The lowest BCUT2D eigenvalue weighted by Crippen LogP contribution is -2.29. The van der Waals surface area contributed by atoms with Crippen molar-refractivity contribution in [3.05, 3.63) is 391 Å². The van der Waals surface area contributed by atoms with Crippen LogP contribution in [0.5, 0.6) is 0 Å². The van der Waals surface area contributed by atoms with Gasteiger partial charge in [0.15, 0.2) is 0 Å². The first kappa shape index (κ1) is 67.9. The fraction of sp³-hybridized carbons (Fsp3) is 0.146. The molecule has 4 heteroatoms. The maximum atomic E-state index is 4.24. The third-order valence-electron chi connectivity index (χ3n) is 22.5. The zero-order valence-electron chi connectivity index (χ0n) is 63.1. The molecule has 14 aromatic carbocycles. The predicted molar refractivity (Wildman–Crippen MR) is 459 cm³/mol. The highest BCUT2D eigenvalue weighted by Crippen LogP contribution is 2.61. The Morgan fingerprint density at radius 2 is 0.804 bits per heavy atom.